The number of aromatic nitrogens is 3. The summed E-state index contributed by atoms with van der Waals surface area (Å²) in [6.45, 7) is 2.06. The predicted octanol–water partition coefficient (Wildman–Crippen LogP) is 1.43. The van der Waals surface area contributed by atoms with Crippen LogP contribution in [-0.2, 0) is 6.42 Å². The Bertz CT molecular complexity index is 962. The Morgan fingerprint density at radius 3 is 2.96 bits per heavy atom. The molecule has 25 heavy (non-hydrogen) atoms. The first-order chi connectivity index (χ1) is 12.2. The molecule has 0 saturated carbocycles. The van der Waals surface area contributed by atoms with E-state index in [1.54, 1.807) is 12.1 Å². The van der Waals surface area contributed by atoms with E-state index >= 15 is 0 Å². The molecule has 0 atom stereocenters. The normalized spacial score (nSPS) is 10.9. The Hall–Kier alpha value is -3.13. The lowest BCUT2D eigenvalue weighted by Gasteiger charge is -2.00. The molecular weight excluding hydrogens is 338 g/mol. The van der Waals surface area contributed by atoms with E-state index in [2.05, 4.69) is 27.4 Å². The molecule has 3 aromatic rings. The summed E-state index contributed by atoms with van der Waals surface area (Å²) in [6, 6.07) is 7.12. The van der Waals surface area contributed by atoms with Crippen molar-refractivity contribution in [3.8, 4) is 5.82 Å². The van der Waals surface area contributed by atoms with E-state index in [4.69, 9.17) is 0 Å². The van der Waals surface area contributed by atoms with E-state index < -0.39 is 0 Å². The highest BCUT2D eigenvalue weighted by atomic mass is 32.1. The molecule has 126 valence electrons. The third kappa shape index (κ3) is 4.04. The number of hydrazone groups is 1. The first-order valence-corrected chi connectivity index (χ1v) is 8.46. The third-order valence-electron chi connectivity index (χ3n) is 3.48. The van der Waals surface area contributed by atoms with Crippen molar-refractivity contribution in [2.75, 3.05) is 0 Å². The molecule has 0 fully saturated rings. The van der Waals surface area contributed by atoms with E-state index in [9.17, 15) is 9.59 Å². The fraction of sp³-hybridized carbons (Fsp3) is 0.118. The van der Waals surface area contributed by atoms with Gasteiger partial charge in [0.1, 0.15) is 4.88 Å². The van der Waals surface area contributed by atoms with Gasteiger partial charge in [-0.2, -0.15) is 10.1 Å². The molecule has 0 unspecified atom stereocenters. The van der Waals surface area contributed by atoms with Crippen LogP contribution in [0.5, 0.6) is 0 Å². The van der Waals surface area contributed by atoms with Crippen molar-refractivity contribution in [1.82, 2.24) is 15.4 Å². The number of aromatic amines is 1. The third-order valence-corrected chi connectivity index (χ3v) is 4.28. The van der Waals surface area contributed by atoms with Crippen molar-refractivity contribution in [2.24, 2.45) is 5.10 Å². The number of amides is 1. The topological polar surface area (TPSA) is 91.1 Å². The van der Waals surface area contributed by atoms with Gasteiger partial charge < -0.3 is 0 Å². The number of pyridine rings is 2. The number of nitrogens with zero attached hydrogens (tertiary/aromatic N) is 3. The van der Waals surface area contributed by atoms with Crippen molar-refractivity contribution in [3.05, 3.63) is 74.7 Å². The second-order valence-electron chi connectivity index (χ2n) is 5.14. The fourth-order valence-electron chi connectivity index (χ4n) is 2.20. The minimum Gasteiger partial charge on any atom is -0.267 e. The lowest BCUT2D eigenvalue weighted by atomic mass is 10.2. The lowest BCUT2D eigenvalue weighted by Crippen LogP contribution is -2.32. The highest BCUT2D eigenvalue weighted by Crippen LogP contribution is 2.07. The number of hydrogen-bond acceptors (Lipinski definition) is 5. The summed E-state index contributed by atoms with van der Waals surface area (Å²) in [6.07, 6.45) is 9.22. The van der Waals surface area contributed by atoms with Gasteiger partial charge in [0, 0.05) is 18.0 Å². The average molecular weight is 354 g/mol. The second-order valence-corrected chi connectivity index (χ2v) is 6.15. The van der Waals surface area contributed by atoms with Crippen LogP contribution in [0.4, 0.5) is 0 Å². The van der Waals surface area contributed by atoms with Gasteiger partial charge in [0.05, 0.1) is 18.6 Å². The van der Waals surface area contributed by atoms with Crippen molar-refractivity contribution in [2.45, 2.75) is 13.3 Å². The van der Waals surface area contributed by atoms with Crippen LogP contribution in [0.15, 0.2) is 58.9 Å². The van der Waals surface area contributed by atoms with E-state index in [1.807, 2.05) is 29.1 Å². The van der Waals surface area contributed by atoms with Crippen molar-refractivity contribution in [3.63, 3.8) is 0 Å². The summed E-state index contributed by atoms with van der Waals surface area (Å²) in [5, 5.41) is 3.95. The Morgan fingerprint density at radius 2 is 2.20 bits per heavy atom. The summed E-state index contributed by atoms with van der Waals surface area (Å²) in [5.41, 5.74) is 4.04. The highest BCUT2D eigenvalue weighted by Gasteiger charge is 2.16. The molecule has 0 radical (unpaired) electrons. The largest absolute Gasteiger partial charge is 0.390 e. The maximum atomic E-state index is 12.0. The van der Waals surface area contributed by atoms with Crippen LogP contribution >= 0.6 is 11.3 Å². The van der Waals surface area contributed by atoms with Gasteiger partial charge in [-0.15, -0.1) is 0 Å². The molecule has 3 heterocycles. The summed E-state index contributed by atoms with van der Waals surface area (Å²) >= 11 is 1.03. The number of H-pyrrole nitrogens is 1. The predicted molar refractivity (Wildman–Crippen MR) is 95.1 cm³/mol. The molecular formula is C17H16N5O2S+. The number of hydrogen-bond donors (Lipinski definition) is 2. The van der Waals surface area contributed by atoms with Crippen molar-refractivity contribution in [1.29, 1.82) is 0 Å². The van der Waals surface area contributed by atoms with Crippen molar-refractivity contribution >= 4 is 23.5 Å². The molecule has 0 saturated heterocycles. The number of aryl methyl sites for hydroxylation is 1. The van der Waals surface area contributed by atoms with Gasteiger partial charge in [-0.1, -0.05) is 13.0 Å². The van der Waals surface area contributed by atoms with E-state index in [1.165, 1.54) is 18.6 Å². The number of nitrogens with one attached hydrogen (secondary N) is 2. The minimum absolute atomic E-state index is 0.189. The van der Waals surface area contributed by atoms with Gasteiger partial charge in [0.25, 0.3) is 5.91 Å². The molecule has 1 amide bonds. The monoisotopic (exact) mass is 354 g/mol. The van der Waals surface area contributed by atoms with Gasteiger partial charge >= 0.3 is 10.7 Å². The van der Waals surface area contributed by atoms with E-state index in [0.29, 0.717) is 16.3 Å². The minimum atomic E-state index is -0.344. The SMILES string of the molecule is CCc1ccc[n+](-c2[nH]c(=O)sc2/C=N/NC(=O)c2ccncc2)c1. The van der Waals surface area contributed by atoms with Crippen LogP contribution in [0.1, 0.15) is 27.7 Å². The molecule has 0 aliphatic carbocycles. The van der Waals surface area contributed by atoms with Crippen LogP contribution in [0, 0.1) is 0 Å². The molecule has 3 aromatic heterocycles. The maximum absolute atomic E-state index is 12.0. The quantitative estimate of drug-likeness (QED) is 0.413. The number of carbonyl (C=O) groups is 1. The number of carbonyl (C=O) groups excluding carboxylic acids is 1. The molecule has 0 aromatic carbocycles. The zero-order valence-corrected chi connectivity index (χ0v) is 14.3. The summed E-state index contributed by atoms with van der Waals surface area (Å²) in [4.78, 5) is 30.8. The van der Waals surface area contributed by atoms with Crippen LogP contribution in [0.25, 0.3) is 5.82 Å². The summed E-state index contributed by atoms with van der Waals surface area (Å²) < 4.78 is 1.84. The van der Waals surface area contributed by atoms with Gasteiger partial charge in [-0.3, -0.25) is 9.78 Å². The second kappa shape index (κ2) is 7.63. The van der Waals surface area contributed by atoms with Gasteiger partial charge in [-0.25, -0.2) is 14.8 Å². The van der Waals surface area contributed by atoms with Crippen molar-refractivity contribution < 1.29 is 9.36 Å². The highest BCUT2D eigenvalue weighted by molar-refractivity contribution is 7.11. The Morgan fingerprint density at radius 1 is 1.40 bits per heavy atom. The number of rotatable bonds is 5. The Labute approximate surface area is 147 Å². The molecule has 8 heteroatoms. The molecule has 2 N–H and O–H groups in total. The molecule has 0 aliphatic rings. The van der Waals surface area contributed by atoms with Crippen LogP contribution in [0.3, 0.4) is 0 Å². The fourth-order valence-corrected chi connectivity index (χ4v) is 2.91. The first-order valence-electron chi connectivity index (χ1n) is 7.64. The van der Waals surface area contributed by atoms with E-state index in [0.717, 1.165) is 23.3 Å². The molecule has 0 aliphatic heterocycles. The molecule has 0 spiro atoms. The average Bonchev–Trinajstić information content (AvgIpc) is 3.03. The maximum Gasteiger partial charge on any atom is 0.390 e. The molecule has 7 nitrogen and oxygen atoms in total. The summed E-state index contributed by atoms with van der Waals surface area (Å²) in [5.74, 6) is 0.274. The zero-order valence-electron chi connectivity index (χ0n) is 13.5. The molecule has 0 bridgehead atoms. The smallest absolute Gasteiger partial charge is 0.267 e. The lowest BCUT2D eigenvalue weighted by molar-refractivity contribution is -0.599. The van der Waals surface area contributed by atoms with Gasteiger partial charge in [0.15, 0.2) is 0 Å². The van der Waals surface area contributed by atoms with Gasteiger partial charge in [0.2, 0.25) is 0 Å². The molecule has 3 rings (SSSR count). The Kier molecular flexibility index (Phi) is 5.10. The standard InChI is InChI=1S/C17H15N5O2S/c1-2-12-4-3-9-22(11-12)15-14(25-17(24)20-15)10-19-21-16(23)13-5-7-18-8-6-13/h3-11H,2H2,1H3,(H-,18,19,20,21,23,24)/p+1. The first kappa shape index (κ1) is 16.7. The van der Waals surface area contributed by atoms with Crippen LogP contribution in [-0.4, -0.2) is 22.1 Å². The summed E-state index contributed by atoms with van der Waals surface area (Å²) in [7, 11) is 0. The zero-order chi connectivity index (χ0) is 17.6. The number of thiazole rings is 1. The van der Waals surface area contributed by atoms with Crippen LogP contribution < -0.4 is 14.9 Å². The van der Waals surface area contributed by atoms with E-state index in [-0.39, 0.29) is 10.8 Å². The van der Waals surface area contributed by atoms with Crippen LogP contribution in [0.2, 0.25) is 0 Å². The van der Waals surface area contributed by atoms with Gasteiger partial charge in [-0.05, 0) is 41.5 Å². The Balaban J connectivity index is 1.81.